The summed E-state index contributed by atoms with van der Waals surface area (Å²) in [6.07, 6.45) is 1.31. The Morgan fingerprint density at radius 3 is 2.28 bits per heavy atom. The van der Waals surface area contributed by atoms with Crippen LogP contribution in [0, 0.1) is 11.8 Å². The molecule has 0 amide bonds. The van der Waals surface area contributed by atoms with Crippen molar-refractivity contribution in [3.63, 3.8) is 0 Å². The Morgan fingerprint density at radius 1 is 1.22 bits per heavy atom. The molecule has 1 aliphatic rings. The van der Waals surface area contributed by atoms with Gasteiger partial charge >= 0.3 is 5.97 Å². The first kappa shape index (κ1) is 13.1. The number of rotatable bonds is 3. The van der Waals surface area contributed by atoms with Gasteiger partial charge in [0.25, 0.3) is 0 Å². The molecule has 0 unspecified atom stereocenters. The zero-order chi connectivity index (χ0) is 13.1. The lowest BCUT2D eigenvalue weighted by Crippen LogP contribution is -2.38. The molecule has 18 heavy (non-hydrogen) atoms. The normalized spacial score (nSPS) is 25.0. The second-order valence-corrected chi connectivity index (χ2v) is 5.64. The maximum atomic E-state index is 10.8. The molecule has 98 valence electrons. The van der Waals surface area contributed by atoms with Crippen LogP contribution < -0.4 is 0 Å². The highest BCUT2D eigenvalue weighted by Gasteiger charge is 2.21. The maximum Gasteiger partial charge on any atom is 0.335 e. The van der Waals surface area contributed by atoms with Crippen molar-refractivity contribution in [2.75, 3.05) is 13.1 Å². The fourth-order valence-electron chi connectivity index (χ4n) is 2.93. The van der Waals surface area contributed by atoms with Crippen molar-refractivity contribution >= 4 is 5.97 Å². The van der Waals surface area contributed by atoms with Gasteiger partial charge in [0, 0.05) is 19.6 Å². The highest BCUT2D eigenvalue weighted by molar-refractivity contribution is 5.87. The molecule has 0 bridgehead atoms. The zero-order valence-electron chi connectivity index (χ0n) is 11.1. The van der Waals surface area contributed by atoms with Crippen molar-refractivity contribution < 1.29 is 9.90 Å². The first-order valence-electron chi connectivity index (χ1n) is 6.59. The van der Waals surface area contributed by atoms with Crippen LogP contribution in [0.3, 0.4) is 0 Å². The van der Waals surface area contributed by atoms with E-state index in [1.54, 1.807) is 12.1 Å². The van der Waals surface area contributed by atoms with Gasteiger partial charge in [-0.15, -0.1) is 0 Å². The predicted octanol–water partition coefficient (Wildman–Crippen LogP) is 2.86. The van der Waals surface area contributed by atoms with E-state index in [4.69, 9.17) is 5.11 Å². The van der Waals surface area contributed by atoms with Crippen LogP contribution in [-0.2, 0) is 6.54 Å². The van der Waals surface area contributed by atoms with Crippen molar-refractivity contribution in [2.45, 2.75) is 26.8 Å². The van der Waals surface area contributed by atoms with E-state index in [-0.39, 0.29) is 0 Å². The summed E-state index contributed by atoms with van der Waals surface area (Å²) in [6, 6.07) is 7.23. The number of aromatic carboxylic acids is 1. The van der Waals surface area contributed by atoms with Crippen LogP contribution in [-0.4, -0.2) is 29.1 Å². The smallest absolute Gasteiger partial charge is 0.335 e. The van der Waals surface area contributed by atoms with Crippen molar-refractivity contribution in [1.82, 2.24) is 4.90 Å². The Balaban J connectivity index is 1.98. The monoisotopic (exact) mass is 247 g/mol. The van der Waals surface area contributed by atoms with Gasteiger partial charge in [-0.2, -0.15) is 0 Å². The maximum absolute atomic E-state index is 10.8. The second-order valence-electron chi connectivity index (χ2n) is 5.64. The summed E-state index contributed by atoms with van der Waals surface area (Å²) in [5, 5.41) is 8.86. The summed E-state index contributed by atoms with van der Waals surface area (Å²) in [7, 11) is 0. The number of hydrogen-bond acceptors (Lipinski definition) is 2. The molecule has 1 saturated heterocycles. The lowest BCUT2D eigenvalue weighted by atomic mass is 9.91. The lowest BCUT2D eigenvalue weighted by molar-refractivity contribution is 0.0697. The Morgan fingerprint density at radius 2 is 1.78 bits per heavy atom. The van der Waals surface area contributed by atoms with E-state index in [0.29, 0.717) is 5.56 Å². The third-order valence-corrected chi connectivity index (χ3v) is 3.55. The van der Waals surface area contributed by atoms with Gasteiger partial charge in [0.05, 0.1) is 5.56 Å². The first-order chi connectivity index (χ1) is 8.54. The Labute approximate surface area is 108 Å². The number of carboxylic acid groups (broad SMARTS) is 1. The topological polar surface area (TPSA) is 40.5 Å². The van der Waals surface area contributed by atoms with Crippen LogP contribution in [0.1, 0.15) is 36.2 Å². The molecule has 1 aliphatic heterocycles. The number of likely N-dealkylation sites (tertiary alicyclic amines) is 1. The van der Waals surface area contributed by atoms with E-state index < -0.39 is 5.97 Å². The Bertz CT molecular complexity index is 403. The van der Waals surface area contributed by atoms with Gasteiger partial charge in [0.2, 0.25) is 0 Å². The molecule has 0 radical (unpaired) electrons. The average Bonchev–Trinajstić information content (AvgIpc) is 2.28. The van der Waals surface area contributed by atoms with Crippen LogP contribution in [0.25, 0.3) is 0 Å². The second kappa shape index (κ2) is 5.53. The van der Waals surface area contributed by atoms with E-state index in [0.717, 1.165) is 31.5 Å². The minimum atomic E-state index is -0.859. The molecule has 0 aromatic heterocycles. The van der Waals surface area contributed by atoms with E-state index in [2.05, 4.69) is 18.7 Å². The third kappa shape index (κ3) is 3.33. The van der Waals surface area contributed by atoms with Gasteiger partial charge in [0.1, 0.15) is 0 Å². The standard InChI is InChI=1S/C15H21NO2/c1-11-7-12(2)9-16(8-11)10-13-3-5-14(6-4-13)15(17)18/h3-6,11-12H,7-10H2,1-2H3,(H,17,18)/t11-,12-/m0/s1. The number of benzene rings is 1. The quantitative estimate of drug-likeness (QED) is 0.893. The predicted molar refractivity (Wildman–Crippen MR) is 71.6 cm³/mol. The molecule has 1 aromatic carbocycles. The van der Waals surface area contributed by atoms with Gasteiger partial charge in [-0.25, -0.2) is 4.79 Å². The lowest BCUT2D eigenvalue weighted by Gasteiger charge is -2.35. The van der Waals surface area contributed by atoms with Gasteiger partial charge in [-0.05, 0) is 36.0 Å². The van der Waals surface area contributed by atoms with Crippen molar-refractivity contribution in [1.29, 1.82) is 0 Å². The van der Waals surface area contributed by atoms with Crippen molar-refractivity contribution in [2.24, 2.45) is 11.8 Å². The van der Waals surface area contributed by atoms with Gasteiger partial charge in [-0.3, -0.25) is 4.90 Å². The summed E-state index contributed by atoms with van der Waals surface area (Å²) in [6.45, 7) is 7.82. The minimum Gasteiger partial charge on any atom is -0.478 e. The molecule has 3 nitrogen and oxygen atoms in total. The van der Waals surface area contributed by atoms with Crippen LogP contribution in [0.2, 0.25) is 0 Å². The van der Waals surface area contributed by atoms with Crippen LogP contribution >= 0.6 is 0 Å². The fraction of sp³-hybridized carbons (Fsp3) is 0.533. The number of carboxylic acids is 1. The molecular weight excluding hydrogens is 226 g/mol. The number of nitrogens with zero attached hydrogens (tertiary/aromatic N) is 1. The van der Waals surface area contributed by atoms with Gasteiger partial charge in [0.15, 0.2) is 0 Å². The highest BCUT2D eigenvalue weighted by Crippen LogP contribution is 2.22. The molecule has 1 aromatic rings. The van der Waals surface area contributed by atoms with Crippen molar-refractivity contribution in [3.05, 3.63) is 35.4 Å². The molecule has 2 rings (SSSR count). The van der Waals surface area contributed by atoms with Crippen LogP contribution in [0.15, 0.2) is 24.3 Å². The molecule has 1 heterocycles. The molecule has 3 heteroatoms. The van der Waals surface area contributed by atoms with Crippen LogP contribution in [0.5, 0.6) is 0 Å². The first-order valence-corrected chi connectivity index (χ1v) is 6.59. The summed E-state index contributed by atoms with van der Waals surface area (Å²) in [5.41, 5.74) is 1.56. The minimum absolute atomic E-state index is 0.360. The van der Waals surface area contributed by atoms with E-state index >= 15 is 0 Å². The van der Waals surface area contributed by atoms with Gasteiger partial charge in [-0.1, -0.05) is 26.0 Å². The highest BCUT2D eigenvalue weighted by atomic mass is 16.4. The molecule has 0 saturated carbocycles. The summed E-state index contributed by atoms with van der Waals surface area (Å²) >= 11 is 0. The molecule has 1 fully saturated rings. The van der Waals surface area contributed by atoms with E-state index in [1.807, 2.05) is 12.1 Å². The summed E-state index contributed by atoms with van der Waals surface area (Å²) < 4.78 is 0. The van der Waals surface area contributed by atoms with Gasteiger partial charge < -0.3 is 5.11 Å². The molecular formula is C15H21NO2. The van der Waals surface area contributed by atoms with E-state index in [9.17, 15) is 4.79 Å². The molecule has 0 aliphatic carbocycles. The Kier molecular flexibility index (Phi) is 4.02. The Hall–Kier alpha value is -1.35. The SMILES string of the molecule is C[C@H]1C[C@H](C)CN(Cc2ccc(C(=O)O)cc2)C1. The fourth-order valence-corrected chi connectivity index (χ4v) is 2.93. The zero-order valence-corrected chi connectivity index (χ0v) is 11.1. The number of carbonyl (C=O) groups is 1. The number of piperidine rings is 1. The molecule has 0 spiro atoms. The van der Waals surface area contributed by atoms with Crippen molar-refractivity contribution in [3.8, 4) is 0 Å². The summed E-state index contributed by atoms with van der Waals surface area (Å²) in [5.74, 6) is 0.654. The molecule has 1 N–H and O–H groups in total. The van der Waals surface area contributed by atoms with Crippen LogP contribution in [0.4, 0.5) is 0 Å². The number of hydrogen-bond donors (Lipinski definition) is 1. The third-order valence-electron chi connectivity index (χ3n) is 3.55. The van der Waals surface area contributed by atoms with E-state index in [1.165, 1.54) is 12.0 Å². The average molecular weight is 247 g/mol. The largest absolute Gasteiger partial charge is 0.478 e. The molecule has 2 atom stereocenters. The summed E-state index contributed by atoms with van der Waals surface area (Å²) in [4.78, 5) is 13.2.